The zero-order valence-electron chi connectivity index (χ0n) is 8.91. The van der Waals surface area contributed by atoms with E-state index in [1.54, 1.807) is 18.2 Å². The lowest BCUT2D eigenvalue weighted by atomic mass is 10.0. The van der Waals surface area contributed by atoms with Crippen molar-refractivity contribution in [1.82, 2.24) is 0 Å². The van der Waals surface area contributed by atoms with Crippen molar-refractivity contribution in [3.8, 4) is 0 Å². The third kappa shape index (κ3) is 3.39. The van der Waals surface area contributed by atoms with Crippen LogP contribution >= 0.6 is 11.6 Å². The quantitative estimate of drug-likeness (QED) is 0.893. The second-order valence-corrected chi connectivity index (χ2v) is 5.89. The predicted molar refractivity (Wildman–Crippen MR) is 64.0 cm³/mol. The van der Waals surface area contributed by atoms with Gasteiger partial charge in [-0.1, -0.05) is 31.5 Å². The van der Waals surface area contributed by atoms with Crippen LogP contribution in [0.1, 0.15) is 25.3 Å². The van der Waals surface area contributed by atoms with Gasteiger partial charge in [0.25, 0.3) is 0 Å². The minimum Gasteiger partial charge on any atom is -0.283 e. The van der Waals surface area contributed by atoms with E-state index in [-0.39, 0.29) is 5.92 Å². The molecule has 0 fully saturated rings. The molecule has 0 heterocycles. The number of rotatable bonds is 3. The molecule has 0 radical (unpaired) electrons. The molecule has 0 aliphatic rings. The molecule has 15 heavy (non-hydrogen) atoms. The summed E-state index contributed by atoms with van der Waals surface area (Å²) in [5, 5.41) is 0.582. The first-order valence-corrected chi connectivity index (χ1v) is 6.84. The summed E-state index contributed by atoms with van der Waals surface area (Å²) in [6.07, 6.45) is 1.12. The van der Waals surface area contributed by atoms with Crippen molar-refractivity contribution in [2.75, 3.05) is 11.0 Å². The van der Waals surface area contributed by atoms with Crippen LogP contribution in [0.25, 0.3) is 0 Å². The molecule has 1 N–H and O–H groups in total. The van der Waals surface area contributed by atoms with Gasteiger partial charge >= 0.3 is 0 Å². The van der Waals surface area contributed by atoms with Gasteiger partial charge in [0, 0.05) is 5.02 Å². The Morgan fingerprint density at radius 2 is 1.93 bits per heavy atom. The molecule has 0 saturated carbocycles. The Morgan fingerprint density at radius 3 is 2.40 bits per heavy atom. The second-order valence-electron chi connectivity index (χ2n) is 3.73. The number of halogens is 1. The fourth-order valence-electron chi connectivity index (χ4n) is 1.41. The number of sulfonamides is 1. The highest BCUT2D eigenvalue weighted by molar-refractivity contribution is 7.92. The van der Waals surface area contributed by atoms with Gasteiger partial charge in [-0.3, -0.25) is 4.72 Å². The van der Waals surface area contributed by atoms with Crippen LogP contribution in [0.15, 0.2) is 18.2 Å². The average molecular weight is 248 g/mol. The third-order valence-electron chi connectivity index (χ3n) is 1.93. The van der Waals surface area contributed by atoms with Crippen LogP contribution < -0.4 is 4.72 Å². The first kappa shape index (κ1) is 12.3. The Hall–Kier alpha value is -0.740. The van der Waals surface area contributed by atoms with Crippen molar-refractivity contribution in [3.05, 3.63) is 28.8 Å². The summed E-state index contributed by atoms with van der Waals surface area (Å²) >= 11 is 6.02. The van der Waals surface area contributed by atoms with E-state index in [4.69, 9.17) is 11.6 Å². The fraction of sp³-hybridized carbons (Fsp3) is 0.400. The Bertz CT molecular complexity index is 454. The predicted octanol–water partition coefficient (Wildman–Crippen LogP) is 2.83. The van der Waals surface area contributed by atoms with Gasteiger partial charge in [-0.15, -0.1) is 0 Å². The molecular formula is C10H14ClNO2S. The molecule has 0 amide bonds. The fourth-order valence-corrected chi connectivity index (χ4v) is 2.38. The van der Waals surface area contributed by atoms with Crippen molar-refractivity contribution in [3.63, 3.8) is 0 Å². The topological polar surface area (TPSA) is 46.2 Å². The van der Waals surface area contributed by atoms with E-state index in [2.05, 4.69) is 4.72 Å². The molecule has 5 heteroatoms. The second kappa shape index (κ2) is 4.41. The first-order valence-electron chi connectivity index (χ1n) is 4.57. The van der Waals surface area contributed by atoms with E-state index >= 15 is 0 Å². The Morgan fingerprint density at radius 1 is 1.33 bits per heavy atom. The normalized spacial score (nSPS) is 11.8. The summed E-state index contributed by atoms with van der Waals surface area (Å²) in [7, 11) is -3.26. The lowest BCUT2D eigenvalue weighted by molar-refractivity contribution is 0.606. The van der Waals surface area contributed by atoms with E-state index in [1.807, 2.05) is 13.8 Å². The van der Waals surface area contributed by atoms with Crippen molar-refractivity contribution in [1.29, 1.82) is 0 Å². The van der Waals surface area contributed by atoms with Gasteiger partial charge in [-0.05, 0) is 23.6 Å². The standard InChI is InChI=1S/C10H14ClNO2S/c1-7(2)10-8(11)5-4-6-9(10)12-15(3,13)14/h4-7,12H,1-3H3. The van der Waals surface area contributed by atoms with Gasteiger partial charge in [0.2, 0.25) is 10.0 Å². The minimum atomic E-state index is -3.26. The van der Waals surface area contributed by atoms with Gasteiger partial charge in [0.05, 0.1) is 11.9 Å². The van der Waals surface area contributed by atoms with Gasteiger partial charge in [0.15, 0.2) is 0 Å². The zero-order chi connectivity index (χ0) is 11.6. The summed E-state index contributed by atoms with van der Waals surface area (Å²) in [6.45, 7) is 3.93. The molecule has 0 aromatic heterocycles. The van der Waals surface area contributed by atoms with Crippen LogP contribution in [0.2, 0.25) is 5.02 Å². The number of nitrogens with one attached hydrogen (secondary N) is 1. The van der Waals surface area contributed by atoms with Crippen LogP contribution in [0.4, 0.5) is 5.69 Å². The van der Waals surface area contributed by atoms with E-state index in [9.17, 15) is 8.42 Å². The SMILES string of the molecule is CC(C)c1c(Cl)cccc1NS(C)(=O)=O. The summed E-state index contributed by atoms with van der Waals surface area (Å²) in [4.78, 5) is 0. The molecule has 0 spiro atoms. The van der Waals surface area contributed by atoms with E-state index in [0.717, 1.165) is 11.8 Å². The van der Waals surface area contributed by atoms with Gasteiger partial charge in [0.1, 0.15) is 0 Å². The molecule has 3 nitrogen and oxygen atoms in total. The minimum absolute atomic E-state index is 0.169. The Balaban J connectivity index is 3.24. The maximum atomic E-state index is 11.1. The van der Waals surface area contributed by atoms with Crippen LogP contribution in [0.5, 0.6) is 0 Å². The number of anilines is 1. The largest absolute Gasteiger partial charge is 0.283 e. The first-order chi connectivity index (χ1) is 6.81. The molecule has 1 rings (SSSR count). The van der Waals surface area contributed by atoms with Crippen LogP contribution in [0, 0.1) is 0 Å². The molecular weight excluding hydrogens is 234 g/mol. The smallest absolute Gasteiger partial charge is 0.229 e. The summed E-state index contributed by atoms with van der Waals surface area (Å²) in [6, 6.07) is 5.19. The molecule has 1 aromatic rings. The molecule has 0 saturated heterocycles. The highest BCUT2D eigenvalue weighted by Gasteiger charge is 2.13. The number of benzene rings is 1. The highest BCUT2D eigenvalue weighted by atomic mass is 35.5. The number of hydrogen-bond acceptors (Lipinski definition) is 2. The summed E-state index contributed by atoms with van der Waals surface area (Å²) in [5.74, 6) is 0.169. The van der Waals surface area contributed by atoms with Crippen molar-refractivity contribution in [2.24, 2.45) is 0 Å². The number of hydrogen-bond donors (Lipinski definition) is 1. The maximum Gasteiger partial charge on any atom is 0.229 e. The monoisotopic (exact) mass is 247 g/mol. The molecule has 0 atom stereocenters. The van der Waals surface area contributed by atoms with E-state index in [0.29, 0.717) is 10.7 Å². The van der Waals surface area contributed by atoms with Gasteiger partial charge in [-0.2, -0.15) is 0 Å². The van der Waals surface area contributed by atoms with Crippen molar-refractivity contribution >= 4 is 27.3 Å². The molecule has 0 unspecified atom stereocenters. The van der Waals surface area contributed by atoms with Gasteiger partial charge in [-0.25, -0.2) is 8.42 Å². The molecule has 84 valence electrons. The molecule has 0 bridgehead atoms. The maximum absolute atomic E-state index is 11.1. The summed E-state index contributed by atoms with van der Waals surface area (Å²) < 4.78 is 24.7. The Labute approximate surface area is 95.5 Å². The third-order valence-corrected chi connectivity index (χ3v) is 2.85. The van der Waals surface area contributed by atoms with Crippen molar-refractivity contribution < 1.29 is 8.42 Å². The van der Waals surface area contributed by atoms with Crippen LogP contribution in [0.3, 0.4) is 0 Å². The zero-order valence-corrected chi connectivity index (χ0v) is 10.5. The van der Waals surface area contributed by atoms with Crippen LogP contribution in [-0.2, 0) is 10.0 Å². The molecule has 1 aromatic carbocycles. The Kier molecular flexibility index (Phi) is 3.62. The molecule has 0 aliphatic carbocycles. The van der Waals surface area contributed by atoms with E-state index in [1.165, 1.54) is 0 Å². The molecule has 0 aliphatic heterocycles. The van der Waals surface area contributed by atoms with Gasteiger partial charge < -0.3 is 0 Å². The van der Waals surface area contributed by atoms with Crippen LogP contribution in [-0.4, -0.2) is 14.7 Å². The van der Waals surface area contributed by atoms with Crippen molar-refractivity contribution in [2.45, 2.75) is 19.8 Å². The lowest BCUT2D eigenvalue weighted by Crippen LogP contribution is -2.11. The lowest BCUT2D eigenvalue weighted by Gasteiger charge is -2.14. The summed E-state index contributed by atoms with van der Waals surface area (Å²) in [5.41, 5.74) is 1.38. The average Bonchev–Trinajstić information content (AvgIpc) is 1.99. The highest BCUT2D eigenvalue weighted by Crippen LogP contribution is 2.31. The van der Waals surface area contributed by atoms with E-state index < -0.39 is 10.0 Å².